The van der Waals surface area contributed by atoms with Crippen LogP contribution in [-0.2, 0) is 9.53 Å². The van der Waals surface area contributed by atoms with Gasteiger partial charge in [0.2, 0.25) is 0 Å². The average Bonchev–Trinajstić information content (AvgIpc) is 2.69. The van der Waals surface area contributed by atoms with Gasteiger partial charge in [0.25, 0.3) is 0 Å². The van der Waals surface area contributed by atoms with E-state index in [2.05, 4.69) is 28.4 Å². The Kier molecular flexibility index (Phi) is 2.92. The molecule has 1 aliphatic rings. The normalized spacial score (nSPS) is 20.5. The summed E-state index contributed by atoms with van der Waals surface area (Å²) >= 11 is 0. The third-order valence-electron chi connectivity index (χ3n) is 2.20. The maximum atomic E-state index is 11.0. The van der Waals surface area contributed by atoms with Gasteiger partial charge in [0.1, 0.15) is 0 Å². The summed E-state index contributed by atoms with van der Waals surface area (Å²) in [7, 11) is 0.926. The van der Waals surface area contributed by atoms with Crippen LogP contribution in [0.1, 0.15) is 5.56 Å². The van der Waals surface area contributed by atoms with Crippen molar-refractivity contribution in [2.45, 2.75) is 4.90 Å². The smallest absolute Gasteiger partial charge is 0.330 e. The Morgan fingerprint density at radius 2 is 2.20 bits per heavy atom. The van der Waals surface area contributed by atoms with E-state index in [4.69, 9.17) is 0 Å². The van der Waals surface area contributed by atoms with Crippen LogP contribution in [0, 0.1) is 0 Å². The van der Waals surface area contributed by atoms with Crippen LogP contribution in [0.2, 0.25) is 0 Å². The van der Waals surface area contributed by atoms with E-state index in [1.165, 1.54) is 23.6 Å². The maximum absolute atomic E-state index is 11.0. The Balaban J connectivity index is 2.18. The Labute approximate surface area is 91.6 Å². The lowest BCUT2D eigenvalue weighted by atomic mass is 10.2. The highest BCUT2D eigenvalue weighted by Crippen LogP contribution is 2.46. The first-order chi connectivity index (χ1) is 7.31. The quantitative estimate of drug-likeness (QED) is 0.471. The van der Waals surface area contributed by atoms with Gasteiger partial charge in [-0.2, -0.15) is 10.9 Å². The first-order valence-electron chi connectivity index (χ1n) is 4.63. The third-order valence-corrected chi connectivity index (χ3v) is 4.11. The summed E-state index contributed by atoms with van der Waals surface area (Å²) in [4.78, 5) is 12.3. The molecule has 1 aromatic carbocycles. The van der Waals surface area contributed by atoms with Crippen molar-refractivity contribution in [3.63, 3.8) is 0 Å². The van der Waals surface area contributed by atoms with Gasteiger partial charge in [-0.05, 0) is 28.5 Å². The summed E-state index contributed by atoms with van der Waals surface area (Å²) in [5.41, 5.74) is 1.25. The van der Waals surface area contributed by atoms with Crippen LogP contribution >= 0.6 is 10.9 Å². The lowest BCUT2D eigenvalue weighted by molar-refractivity contribution is -0.134. The fourth-order valence-corrected chi connectivity index (χ4v) is 3.17. The summed E-state index contributed by atoms with van der Waals surface area (Å²) in [6.07, 6.45) is 3.60. The molecular formula is C12H12O2S. The fraction of sp³-hybridized carbons (Fsp3) is 0.0833. The van der Waals surface area contributed by atoms with Crippen LogP contribution in [0.4, 0.5) is 0 Å². The molecule has 0 fully saturated rings. The molecule has 0 bridgehead atoms. The molecular weight excluding hydrogens is 208 g/mol. The van der Waals surface area contributed by atoms with E-state index in [1.807, 2.05) is 17.5 Å². The number of benzene rings is 1. The van der Waals surface area contributed by atoms with E-state index >= 15 is 0 Å². The molecule has 1 unspecified atom stereocenters. The molecule has 2 rings (SSSR count). The van der Waals surface area contributed by atoms with E-state index in [0.29, 0.717) is 0 Å². The molecule has 0 aromatic heterocycles. The van der Waals surface area contributed by atoms with E-state index in [-0.39, 0.29) is 5.97 Å². The Morgan fingerprint density at radius 3 is 3.00 bits per heavy atom. The summed E-state index contributed by atoms with van der Waals surface area (Å²) in [6, 6.07) is 8.22. The van der Waals surface area contributed by atoms with E-state index in [1.54, 1.807) is 0 Å². The highest BCUT2D eigenvalue weighted by molar-refractivity contribution is 8.22. The van der Waals surface area contributed by atoms with Gasteiger partial charge in [0.05, 0.1) is 7.11 Å². The molecule has 0 aliphatic carbocycles. The summed E-state index contributed by atoms with van der Waals surface area (Å²) in [6.45, 7) is 0. The van der Waals surface area contributed by atoms with Gasteiger partial charge in [-0.25, -0.2) is 4.79 Å². The van der Waals surface area contributed by atoms with Crippen LogP contribution in [0.25, 0.3) is 6.08 Å². The summed E-state index contributed by atoms with van der Waals surface area (Å²) < 4.78 is 4.56. The molecule has 3 heteroatoms. The molecule has 0 saturated heterocycles. The zero-order valence-corrected chi connectivity index (χ0v) is 9.28. The van der Waals surface area contributed by atoms with Crippen LogP contribution in [-0.4, -0.2) is 13.1 Å². The number of hydrogen-bond donors (Lipinski definition) is 1. The minimum atomic E-state index is -0.461. The monoisotopic (exact) mass is 220 g/mol. The first kappa shape index (κ1) is 10.1. The second-order valence-corrected chi connectivity index (χ2v) is 5.01. The molecule has 0 spiro atoms. The number of carbonyl (C=O) groups excluding carboxylic acids is 1. The van der Waals surface area contributed by atoms with E-state index in [9.17, 15) is 4.79 Å². The van der Waals surface area contributed by atoms with Gasteiger partial charge in [0, 0.05) is 11.0 Å². The molecule has 1 aliphatic heterocycles. The fourth-order valence-electron chi connectivity index (χ4n) is 1.44. The third kappa shape index (κ3) is 2.13. The van der Waals surface area contributed by atoms with Crippen LogP contribution < -0.4 is 0 Å². The van der Waals surface area contributed by atoms with Gasteiger partial charge < -0.3 is 4.74 Å². The predicted molar refractivity (Wildman–Crippen MR) is 63.9 cm³/mol. The molecule has 2 nitrogen and oxygen atoms in total. The van der Waals surface area contributed by atoms with Crippen molar-refractivity contribution in [1.29, 1.82) is 0 Å². The van der Waals surface area contributed by atoms with Crippen molar-refractivity contribution in [2.24, 2.45) is 0 Å². The van der Waals surface area contributed by atoms with E-state index in [0.717, 1.165) is 0 Å². The lowest BCUT2D eigenvalue weighted by Gasteiger charge is -2.08. The molecule has 15 heavy (non-hydrogen) atoms. The highest BCUT2D eigenvalue weighted by Gasteiger charge is 2.10. The largest absolute Gasteiger partial charge is 0.466 e. The predicted octanol–water partition coefficient (Wildman–Crippen LogP) is 2.72. The molecule has 0 amide bonds. The molecule has 1 atom stereocenters. The lowest BCUT2D eigenvalue weighted by Crippen LogP contribution is -1.93. The summed E-state index contributed by atoms with van der Waals surface area (Å²) in [5.74, 6) is -0.296. The van der Waals surface area contributed by atoms with Crippen molar-refractivity contribution >= 4 is 22.9 Å². The zero-order chi connectivity index (χ0) is 10.7. The van der Waals surface area contributed by atoms with Gasteiger partial charge in [-0.1, -0.05) is 18.2 Å². The molecule has 1 aromatic rings. The minimum absolute atomic E-state index is 0.296. The summed E-state index contributed by atoms with van der Waals surface area (Å²) in [5, 5.41) is 4.06. The van der Waals surface area contributed by atoms with Gasteiger partial charge >= 0.3 is 5.97 Å². The number of thiol groups is 1. The standard InChI is InChI=1S/C12H12O2S/c1-14-12(13)7-9-15-8-6-10-4-2-3-5-11(10)15/h2-9,15H,1H3. The average molecular weight is 220 g/mol. The number of methoxy groups -OCH3 is 1. The molecule has 0 N–H and O–H groups in total. The van der Waals surface area contributed by atoms with Crippen LogP contribution in [0.3, 0.4) is 0 Å². The van der Waals surface area contributed by atoms with Gasteiger partial charge in [-0.3, -0.25) is 0 Å². The van der Waals surface area contributed by atoms with Crippen molar-refractivity contribution in [3.8, 4) is 0 Å². The first-order valence-corrected chi connectivity index (χ1v) is 6.11. The molecule has 0 radical (unpaired) electrons. The molecule has 0 saturated carbocycles. The van der Waals surface area contributed by atoms with Crippen molar-refractivity contribution in [1.82, 2.24) is 0 Å². The van der Waals surface area contributed by atoms with Crippen molar-refractivity contribution in [2.75, 3.05) is 7.11 Å². The van der Waals surface area contributed by atoms with Crippen LogP contribution in [0.15, 0.2) is 46.1 Å². The van der Waals surface area contributed by atoms with Crippen molar-refractivity contribution < 1.29 is 9.53 Å². The van der Waals surface area contributed by atoms with Crippen molar-refractivity contribution in [3.05, 3.63) is 46.7 Å². The number of ether oxygens (including phenoxy) is 1. The maximum Gasteiger partial charge on any atom is 0.330 e. The topological polar surface area (TPSA) is 26.3 Å². The minimum Gasteiger partial charge on any atom is -0.466 e. The number of carbonyl (C=O) groups is 1. The van der Waals surface area contributed by atoms with Gasteiger partial charge in [0.15, 0.2) is 0 Å². The van der Waals surface area contributed by atoms with E-state index < -0.39 is 10.9 Å². The Bertz CT molecular complexity index is 435. The van der Waals surface area contributed by atoms with Crippen LogP contribution in [0.5, 0.6) is 0 Å². The highest BCUT2D eigenvalue weighted by atomic mass is 32.2. The molecule has 78 valence electrons. The number of hydrogen-bond acceptors (Lipinski definition) is 2. The molecule has 1 heterocycles. The zero-order valence-electron chi connectivity index (χ0n) is 8.38. The second kappa shape index (κ2) is 4.36. The Hall–Kier alpha value is -1.48. The number of esters is 1. The SMILES string of the molecule is COC(=O)C=C[SH]1C=Cc2ccccc21. The second-order valence-electron chi connectivity index (χ2n) is 3.12. The Morgan fingerprint density at radius 1 is 1.40 bits per heavy atom. The number of rotatable bonds is 2. The number of fused-ring (bicyclic) bond motifs is 1. The van der Waals surface area contributed by atoms with Gasteiger partial charge in [-0.15, -0.1) is 0 Å².